The van der Waals surface area contributed by atoms with Crippen molar-refractivity contribution in [2.24, 2.45) is 0 Å². The van der Waals surface area contributed by atoms with Gasteiger partial charge >= 0.3 is 0 Å². The minimum atomic E-state index is -0.581. The SMILES string of the molecule is CNC(=O)C(C)n1cc(N)cc(Br)c1=O. The summed E-state index contributed by atoms with van der Waals surface area (Å²) in [4.78, 5) is 23.0. The number of carbonyl (C=O) groups excluding carboxylic acids is 1. The third-order valence-corrected chi connectivity index (χ3v) is 2.63. The van der Waals surface area contributed by atoms with Crippen molar-refractivity contribution in [3.05, 3.63) is 27.1 Å². The fraction of sp³-hybridized carbons (Fsp3) is 0.333. The summed E-state index contributed by atoms with van der Waals surface area (Å²) >= 11 is 3.09. The zero-order valence-corrected chi connectivity index (χ0v) is 10.0. The van der Waals surface area contributed by atoms with Crippen molar-refractivity contribution in [2.75, 3.05) is 12.8 Å². The highest BCUT2D eigenvalue weighted by atomic mass is 79.9. The Hall–Kier alpha value is -1.30. The molecule has 0 spiro atoms. The number of rotatable bonds is 2. The largest absolute Gasteiger partial charge is 0.398 e. The highest BCUT2D eigenvalue weighted by Gasteiger charge is 2.15. The molecule has 0 bridgehead atoms. The number of aromatic nitrogens is 1. The van der Waals surface area contributed by atoms with E-state index >= 15 is 0 Å². The molecule has 6 heteroatoms. The smallest absolute Gasteiger partial charge is 0.265 e. The topological polar surface area (TPSA) is 77.1 Å². The third-order valence-electron chi connectivity index (χ3n) is 2.06. The minimum absolute atomic E-state index is 0.241. The zero-order valence-electron chi connectivity index (χ0n) is 8.45. The quantitative estimate of drug-likeness (QED) is 0.824. The zero-order chi connectivity index (χ0) is 11.6. The normalized spacial score (nSPS) is 12.2. The first kappa shape index (κ1) is 11.8. The molecular weight excluding hydrogens is 262 g/mol. The Balaban J connectivity index is 3.25. The summed E-state index contributed by atoms with van der Waals surface area (Å²) in [5, 5.41) is 2.47. The van der Waals surface area contributed by atoms with Crippen molar-refractivity contribution < 1.29 is 4.79 Å². The lowest BCUT2D eigenvalue weighted by atomic mass is 10.3. The molecule has 0 aliphatic rings. The van der Waals surface area contributed by atoms with E-state index in [-0.39, 0.29) is 11.5 Å². The average Bonchev–Trinajstić information content (AvgIpc) is 2.21. The molecule has 0 aliphatic heterocycles. The van der Waals surface area contributed by atoms with E-state index in [4.69, 9.17) is 5.73 Å². The molecule has 1 amide bonds. The van der Waals surface area contributed by atoms with Gasteiger partial charge in [0, 0.05) is 18.9 Å². The first-order valence-electron chi connectivity index (χ1n) is 4.36. The van der Waals surface area contributed by atoms with E-state index in [0.717, 1.165) is 0 Å². The van der Waals surface area contributed by atoms with E-state index in [2.05, 4.69) is 21.2 Å². The predicted octanol–water partition coefficient (Wildman–Crippen LogP) is 0.500. The van der Waals surface area contributed by atoms with Gasteiger partial charge in [-0.3, -0.25) is 9.59 Å². The molecule has 5 nitrogen and oxygen atoms in total. The lowest BCUT2D eigenvalue weighted by Crippen LogP contribution is -2.34. The van der Waals surface area contributed by atoms with Crippen LogP contribution in [0.1, 0.15) is 13.0 Å². The number of pyridine rings is 1. The van der Waals surface area contributed by atoms with Crippen molar-refractivity contribution in [1.29, 1.82) is 0 Å². The molecular formula is C9H12BrN3O2. The molecule has 3 N–H and O–H groups in total. The Morgan fingerprint density at radius 2 is 2.27 bits per heavy atom. The van der Waals surface area contributed by atoms with Gasteiger partial charge in [0.15, 0.2) is 0 Å². The van der Waals surface area contributed by atoms with Crippen LogP contribution in [0.2, 0.25) is 0 Å². The summed E-state index contributed by atoms with van der Waals surface area (Å²) in [6.07, 6.45) is 1.45. The first-order valence-corrected chi connectivity index (χ1v) is 5.15. The lowest BCUT2D eigenvalue weighted by Gasteiger charge is -2.14. The molecule has 0 radical (unpaired) electrons. The number of nitrogens with two attached hydrogens (primary N) is 1. The van der Waals surface area contributed by atoms with E-state index in [1.807, 2.05) is 0 Å². The van der Waals surface area contributed by atoms with Gasteiger partial charge in [-0.15, -0.1) is 0 Å². The summed E-state index contributed by atoms with van der Waals surface area (Å²) in [7, 11) is 1.52. The predicted molar refractivity (Wildman–Crippen MR) is 61.6 cm³/mol. The van der Waals surface area contributed by atoms with Crippen LogP contribution < -0.4 is 16.6 Å². The summed E-state index contributed by atoms with van der Waals surface area (Å²) < 4.78 is 1.64. The maximum Gasteiger partial charge on any atom is 0.265 e. The van der Waals surface area contributed by atoms with Crippen molar-refractivity contribution in [3.63, 3.8) is 0 Å². The second-order valence-electron chi connectivity index (χ2n) is 3.12. The molecule has 0 fully saturated rings. The molecule has 0 saturated heterocycles. The fourth-order valence-corrected chi connectivity index (χ4v) is 1.68. The number of halogens is 1. The molecule has 1 aromatic rings. The van der Waals surface area contributed by atoms with E-state index in [9.17, 15) is 9.59 Å². The second kappa shape index (κ2) is 4.48. The van der Waals surface area contributed by atoms with E-state index in [1.54, 1.807) is 6.92 Å². The van der Waals surface area contributed by atoms with Gasteiger partial charge in [0.25, 0.3) is 5.56 Å². The van der Waals surface area contributed by atoms with E-state index < -0.39 is 6.04 Å². The number of hydrogen-bond acceptors (Lipinski definition) is 3. The van der Waals surface area contributed by atoms with Crippen molar-refractivity contribution in [2.45, 2.75) is 13.0 Å². The van der Waals surface area contributed by atoms with Crippen molar-refractivity contribution in [1.82, 2.24) is 9.88 Å². The number of nitrogens with zero attached hydrogens (tertiary/aromatic N) is 1. The number of likely N-dealkylation sites (N-methyl/N-ethyl adjacent to an activating group) is 1. The fourth-order valence-electron chi connectivity index (χ4n) is 1.21. The van der Waals surface area contributed by atoms with Crippen LogP contribution in [0.25, 0.3) is 0 Å². The number of carbonyl (C=O) groups is 1. The highest BCUT2D eigenvalue weighted by Crippen LogP contribution is 2.11. The Morgan fingerprint density at radius 3 is 2.80 bits per heavy atom. The molecule has 1 heterocycles. The molecule has 0 saturated carbocycles. The monoisotopic (exact) mass is 273 g/mol. The first-order chi connectivity index (χ1) is 6.97. The number of nitrogen functional groups attached to an aromatic ring is 1. The van der Waals surface area contributed by atoms with E-state index in [0.29, 0.717) is 10.2 Å². The summed E-state index contributed by atoms with van der Waals surface area (Å²) in [5.41, 5.74) is 5.74. The maximum atomic E-state index is 11.7. The van der Waals surface area contributed by atoms with Gasteiger partial charge in [-0.2, -0.15) is 0 Å². The van der Waals surface area contributed by atoms with Gasteiger partial charge in [-0.1, -0.05) is 0 Å². The number of amides is 1. The standard InChI is InChI=1S/C9H12BrN3O2/c1-5(8(14)12-2)13-4-6(11)3-7(10)9(13)15/h3-5H,11H2,1-2H3,(H,12,14). The van der Waals surface area contributed by atoms with Gasteiger partial charge in [0.1, 0.15) is 6.04 Å². The van der Waals surface area contributed by atoms with Crippen LogP contribution in [0.4, 0.5) is 5.69 Å². The summed E-state index contributed by atoms with van der Waals surface area (Å²) in [6.45, 7) is 1.63. The molecule has 1 atom stereocenters. The molecule has 1 unspecified atom stereocenters. The molecule has 0 aromatic carbocycles. The molecule has 82 valence electrons. The van der Waals surface area contributed by atoms with Gasteiger partial charge < -0.3 is 15.6 Å². The summed E-state index contributed by atoms with van der Waals surface area (Å²) in [5.74, 6) is -0.241. The highest BCUT2D eigenvalue weighted by molar-refractivity contribution is 9.10. The minimum Gasteiger partial charge on any atom is -0.398 e. The number of nitrogens with one attached hydrogen (secondary N) is 1. The van der Waals surface area contributed by atoms with Crippen LogP contribution >= 0.6 is 15.9 Å². The van der Waals surface area contributed by atoms with Crippen LogP contribution in [0.3, 0.4) is 0 Å². The van der Waals surface area contributed by atoms with Crippen molar-refractivity contribution in [3.8, 4) is 0 Å². The van der Waals surface area contributed by atoms with Crippen LogP contribution in [-0.4, -0.2) is 17.5 Å². The molecule has 15 heavy (non-hydrogen) atoms. The molecule has 1 rings (SSSR count). The Kier molecular flexibility index (Phi) is 3.52. The van der Waals surface area contributed by atoms with E-state index in [1.165, 1.54) is 23.9 Å². The lowest BCUT2D eigenvalue weighted by molar-refractivity contribution is -0.123. The number of hydrogen-bond donors (Lipinski definition) is 2. The molecule has 1 aromatic heterocycles. The van der Waals surface area contributed by atoms with Crippen molar-refractivity contribution >= 4 is 27.5 Å². The Labute approximate surface area is 95.4 Å². The van der Waals surface area contributed by atoms with Gasteiger partial charge in [0.2, 0.25) is 5.91 Å². The Bertz CT molecular complexity index is 441. The van der Waals surface area contributed by atoms with Crippen LogP contribution in [-0.2, 0) is 4.79 Å². The third kappa shape index (κ3) is 2.38. The van der Waals surface area contributed by atoms with Crippen LogP contribution in [0.15, 0.2) is 21.5 Å². The number of anilines is 1. The maximum absolute atomic E-state index is 11.7. The molecule has 0 aliphatic carbocycles. The van der Waals surface area contributed by atoms with Crippen LogP contribution in [0, 0.1) is 0 Å². The van der Waals surface area contributed by atoms with Gasteiger partial charge in [-0.25, -0.2) is 0 Å². The van der Waals surface area contributed by atoms with Gasteiger partial charge in [-0.05, 0) is 28.9 Å². The Morgan fingerprint density at radius 1 is 1.67 bits per heavy atom. The van der Waals surface area contributed by atoms with Gasteiger partial charge in [0.05, 0.1) is 4.47 Å². The van der Waals surface area contributed by atoms with Crippen LogP contribution in [0.5, 0.6) is 0 Å². The second-order valence-corrected chi connectivity index (χ2v) is 3.98. The average molecular weight is 274 g/mol. The summed E-state index contributed by atoms with van der Waals surface area (Å²) in [6, 6.07) is 0.928.